The van der Waals surface area contributed by atoms with Crippen LogP contribution in [0.15, 0.2) is 23.1 Å². The highest BCUT2D eigenvalue weighted by atomic mass is 32.2. The Morgan fingerprint density at radius 1 is 1.16 bits per heavy atom. The van der Waals surface area contributed by atoms with Gasteiger partial charge < -0.3 is 14.4 Å². The monoisotopic (exact) mass is 370 g/mol. The summed E-state index contributed by atoms with van der Waals surface area (Å²) in [4.78, 5) is 13.2. The molecule has 8 heteroatoms. The molecule has 0 spiro atoms. The first-order chi connectivity index (χ1) is 11.9. The van der Waals surface area contributed by atoms with E-state index in [2.05, 4.69) is 4.72 Å². The first-order valence-electron chi connectivity index (χ1n) is 8.54. The van der Waals surface area contributed by atoms with E-state index in [4.69, 9.17) is 9.47 Å². The van der Waals surface area contributed by atoms with Crippen molar-refractivity contribution >= 4 is 15.9 Å². The average molecular weight is 370 g/mol. The number of hydrogen-bond donors (Lipinski definition) is 1. The Hall–Kier alpha value is -1.80. The highest BCUT2D eigenvalue weighted by molar-refractivity contribution is 7.89. The third kappa shape index (κ3) is 5.09. The van der Waals surface area contributed by atoms with Crippen molar-refractivity contribution in [2.75, 3.05) is 26.3 Å². The Balaban J connectivity index is 2.11. The molecule has 1 amide bonds. The first kappa shape index (κ1) is 19.5. The number of nitrogens with one attached hydrogen (secondary N) is 1. The van der Waals surface area contributed by atoms with Crippen LogP contribution < -0.4 is 14.2 Å². The molecule has 0 aromatic heterocycles. The Morgan fingerprint density at radius 2 is 1.76 bits per heavy atom. The van der Waals surface area contributed by atoms with E-state index in [0.717, 1.165) is 0 Å². The number of nitrogens with zero attached hydrogens (tertiary/aromatic N) is 1. The molecule has 0 radical (unpaired) electrons. The summed E-state index contributed by atoms with van der Waals surface area (Å²) in [7, 11) is -3.66. The third-order valence-corrected chi connectivity index (χ3v) is 5.61. The molecule has 1 heterocycles. The lowest BCUT2D eigenvalue weighted by molar-refractivity contribution is -0.129. The molecule has 1 aliphatic rings. The van der Waals surface area contributed by atoms with E-state index in [9.17, 15) is 13.2 Å². The SMILES string of the molecule is CCOc1ccc(S(=O)(=O)NC2CCN(C(C)=O)CC2)cc1OCC. The second-order valence-corrected chi connectivity index (χ2v) is 7.59. The summed E-state index contributed by atoms with van der Waals surface area (Å²) in [6, 6.07) is 4.44. The first-order valence-corrected chi connectivity index (χ1v) is 10.0. The summed E-state index contributed by atoms with van der Waals surface area (Å²) >= 11 is 0. The summed E-state index contributed by atoms with van der Waals surface area (Å²) < 4.78 is 39.0. The van der Waals surface area contributed by atoms with Crippen LogP contribution in [0.2, 0.25) is 0 Å². The number of ether oxygens (including phenoxy) is 2. The van der Waals surface area contributed by atoms with Crippen LogP contribution in [-0.2, 0) is 14.8 Å². The number of likely N-dealkylation sites (tertiary alicyclic amines) is 1. The second kappa shape index (κ2) is 8.53. The van der Waals surface area contributed by atoms with Gasteiger partial charge in [-0.25, -0.2) is 13.1 Å². The molecule has 0 aliphatic carbocycles. The Labute approximate surface area is 149 Å². The van der Waals surface area contributed by atoms with Gasteiger partial charge in [0.1, 0.15) is 0 Å². The van der Waals surface area contributed by atoms with Gasteiger partial charge in [0, 0.05) is 32.1 Å². The van der Waals surface area contributed by atoms with Crippen molar-refractivity contribution in [2.45, 2.75) is 44.6 Å². The quantitative estimate of drug-likeness (QED) is 0.791. The van der Waals surface area contributed by atoms with Gasteiger partial charge in [0.15, 0.2) is 11.5 Å². The van der Waals surface area contributed by atoms with Gasteiger partial charge in [-0.2, -0.15) is 0 Å². The van der Waals surface area contributed by atoms with Crippen molar-refractivity contribution in [3.05, 3.63) is 18.2 Å². The predicted molar refractivity (Wildman–Crippen MR) is 94.4 cm³/mol. The molecular formula is C17H26N2O5S. The number of benzene rings is 1. The van der Waals surface area contributed by atoms with Gasteiger partial charge in [-0.3, -0.25) is 4.79 Å². The molecule has 1 fully saturated rings. The fraction of sp³-hybridized carbons (Fsp3) is 0.588. The minimum absolute atomic E-state index is 0.0224. The number of sulfonamides is 1. The van der Waals surface area contributed by atoms with E-state index in [1.807, 2.05) is 13.8 Å². The Bertz CT molecular complexity index is 697. The third-order valence-electron chi connectivity index (χ3n) is 4.09. The van der Waals surface area contributed by atoms with Gasteiger partial charge in [0.2, 0.25) is 15.9 Å². The minimum atomic E-state index is -3.66. The van der Waals surface area contributed by atoms with Crippen molar-refractivity contribution in [2.24, 2.45) is 0 Å². The van der Waals surface area contributed by atoms with E-state index in [-0.39, 0.29) is 16.8 Å². The number of rotatable bonds is 7. The summed E-state index contributed by atoms with van der Waals surface area (Å²) in [6.07, 6.45) is 1.21. The van der Waals surface area contributed by atoms with Crippen LogP contribution in [0.3, 0.4) is 0 Å². The molecule has 0 atom stereocenters. The lowest BCUT2D eigenvalue weighted by Crippen LogP contribution is -2.45. The van der Waals surface area contributed by atoms with Crippen LogP contribution in [-0.4, -0.2) is 51.6 Å². The zero-order chi connectivity index (χ0) is 18.4. The zero-order valence-electron chi connectivity index (χ0n) is 14.9. The maximum atomic E-state index is 12.7. The Morgan fingerprint density at radius 3 is 2.32 bits per heavy atom. The zero-order valence-corrected chi connectivity index (χ0v) is 15.8. The van der Waals surface area contributed by atoms with Gasteiger partial charge in [-0.15, -0.1) is 0 Å². The summed E-state index contributed by atoms with van der Waals surface area (Å²) in [5.41, 5.74) is 0. The molecular weight excluding hydrogens is 344 g/mol. The van der Waals surface area contributed by atoms with Crippen molar-refractivity contribution in [3.8, 4) is 11.5 Å². The molecule has 0 bridgehead atoms. The smallest absolute Gasteiger partial charge is 0.240 e. The molecule has 0 unspecified atom stereocenters. The molecule has 0 saturated carbocycles. The van der Waals surface area contributed by atoms with Gasteiger partial charge in [-0.05, 0) is 38.8 Å². The molecule has 1 N–H and O–H groups in total. The number of carbonyl (C=O) groups is 1. The molecule has 140 valence electrons. The average Bonchev–Trinajstić information content (AvgIpc) is 2.57. The second-order valence-electron chi connectivity index (χ2n) is 5.88. The number of piperidine rings is 1. The van der Waals surface area contributed by atoms with E-state index in [1.165, 1.54) is 19.1 Å². The lowest BCUT2D eigenvalue weighted by atomic mass is 10.1. The number of carbonyl (C=O) groups excluding carboxylic acids is 1. The molecule has 2 rings (SSSR count). The fourth-order valence-corrected chi connectivity index (χ4v) is 4.12. The van der Waals surface area contributed by atoms with E-state index in [0.29, 0.717) is 50.6 Å². The predicted octanol–water partition coefficient (Wildman–Crippen LogP) is 1.77. The number of hydrogen-bond acceptors (Lipinski definition) is 5. The van der Waals surface area contributed by atoms with Crippen LogP contribution in [0.25, 0.3) is 0 Å². The Kier molecular flexibility index (Phi) is 6.66. The summed E-state index contributed by atoms with van der Waals surface area (Å²) in [6.45, 7) is 7.23. The highest BCUT2D eigenvalue weighted by Gasteiger charge is 2.26. The van der Waals surface area contributed by atoms with E-state index >= 15 is 0 Å². The van der Waals surface area contributed by atoms with Gasteiger partial charge >= 0.3 is 0 Å². The van der Waals surface area contributed by atoms with E-state index < -0.39 is 10.0 Å². The molecule has 1 aromatic carbocycles. The number of amides is 1. The topological polar surface area (TPSA) is 84.9 Å². The van der Waals surface area contributed by atoms with Crippen molar-refractivity contribution in [1.82, 2.24) is 9.62 Å². The minimum Gasteiger partial charge on any atom is -0.490 e. The van der Waals surface area contributed by atoms with Gasteiger partial charge in [0.05, 0.1) is 18.1 Å². The van der Waals surface area contributed by atoms with Gasteiger partial charge in [0.25, 0.3) is 0 Å². The van der Waals surface area contributed by atoms with Crippen LogP contribution in [0.4, 0.5) is 0 Å². The maximum Gasteiger partial charge on any atom is 0.240 e. The van der Waals surface area contributed by atoms with Crippen molar-refractivity contribution in [1.29, 1.82) is 0 Å². The molecule has 25 heavy (non-hydrogen) atoms. The molecule has 1 aliphatic heterocycles. The summed E-state index contributed by atoms with van der Waals surface area (Å²) in [5, 5.41) is 0. The molecule has 1 aromatic rings. The van der Waals surface area contributed by atoms with Crippen molar-refractivity contribution < 1.29 is 22.7 Å². The van der Waals surface area contributed by atoms with Crippen LogP contribution >= 0.6 is 0 Å². The molecule has 7 nitrogen and oxygen atoms in total. The standard InChI is InChI=1S/C17H26N2O5S/c1-4-23-16-7-6-15(12-17(16)24-5-2)25(21,22)18-14-8-10-19(11-9-14)13(3)20/h6-7,12,14,18H,4-5,8-11H2,1-3H3. The summed E-state index contributed by atoms with van der Waals surface area (Å²) in [5.74, 6) is 0.964. The highest BCUT2D eigenvalue weighted by Crippen LogP contribution is 2.30. The normalized spacial score (nSPS) is 15.9. The maximum absolute atomic E-state index is 12.7. The lowest BCUT2D eigenvalue weighted by Gasteiger charge is -2.31. The largest absolute Gasteiger partial charge is 0.490 e. The van der Waals surface area contributed by atoms with Crippen molar-refractivity contribution in [3.63, 3.8) is 0 Å². The van der Waals surface area contributed by atoms with Crippen LogP contribution in [0.1, 0.15) is 33.6 Å². The van der Waals surface area contributed by atoms with Crippen LogP contribution in [0, 0.1) is 0 Å². The van der Waals surface area contributed by atoms with Crippen LogP contribution in [0.5, 0.6) is 11.5 Å². The fourth-order valence-electron chi connectivity index (χ4n) is 2.80. The van der Waals surface area contributed by atoms with E-state index in [1.54, 1.807) is 11.0 Å². The molecule has 1 saturated heterocycles. The van der Waals surface area contributed by atoms with Gasteiger partial charge in [-0.1, -0.05) is 0 Å².